The van der Waals surface area contributed by atoms with E-state index in [1.807, 2.05) is 12.3 Å². The molecule has 0 saturated carbocycles. The maximum absolute atomic E-state index is 12.1. The van der Waals surface area contributed by atoms with Crippen LogP contribution in [0.3, 0.4) is 0 Å². The zero-order valence-corrected chi connectivity index (χ0v) is 14.6. The molecule has 3 N–H and O–H groups in total. The van der Waals surface area contributed by atoms with Crippen molar-refractivity contribution in [3.05, 3.63) is 47.9 Å². The first-order valence-corrected chi connectivity index (χ1v) is 9.01. The Morgan fingerprint density at radius 1 is 1.19 bits per heavy atom. The van der Waals surface area contributed by atoms with Gasteiger partial charge in [0.2, 0.25) is 0 Å². The fraction of sp³-hybridized carbons (Fsp3) is 0.222. The number of Topliss-reactive ketones (excluding diaryl/α,β-unsaturated/α-hetero) is 1. The number of carbonyl (C=O) groups is 2. The summed E-state index contributed by atoms with van der Waals surface area (Å²) in [5.41, 5.74) is 1.23. The summed E-state index contributed by atoms with van der Waals surface area (Å²) >= 11 is 1.58. The molecule has 0 aliphatic heterocycles. The van der Waals surface area contributed by atoms with Crippen molar-refractivity contribution < 1.29 is 19.8 Å². The number of ketones is 1. The van der Waals surface area contributed by atoms with Crippen molar-refractivity contribution in [2.75, 3.05) is 5.75 Å². The van der Waals surface area contributed by atoms with Crippen LogP contribution in [-0.2, 0) is 11.2 Å². The molecule has 8 heteroatoms. The third kappa shape index (κ3) is 4.20. The summed E-state index contributed by atoms with van der Waals surface area (Å²) in [6.07, 6.45) is 4.62. The highest BCUT2D eigenvalue weighted by molar-refractivity contribution is 7.99. The molecule has 26 heavy (non-hydrogen) atoms. The SMILES string of the molecule is O=C(CCCSc1ncnc2[nH]ccc12)Cc1ccc(C(=O)O)c(O)c1. The molecular formula is C18H17N3O4S. The first-order chi connectivity index (χ1) is 12.5. The van der Waals surface area contributed by atoms with Crippen molar-refractivity contribution in [3.8, 4) is 5.75 Å². The third-order valence-electron chi connectivity index (χ3n) is 3.85. The average Bonchev–Trinajstić information content (AvgIpc) is 3.08. The number of benzene rings is 1. The minimum Gasteiger partial charge on any atom is -0.507 e. The monoisotopic (exact) mass is 371 g/mol. The fourth-order valence-electron chi connectivity index (χ4n) is 2.59. The molecule has 0 spiro atoms. The van der Waals surface area contributed by atoms with Gasteiger partial charge in [-0.15, -0.1) is 11.8 Å². The van der Waals surface area contributed by atoms with Gasteiger partial charge in [0.25, 0.3) is 0 Å². The number of rotatable bonds is 8. The van der Waals surface area contributed by atoms with Crippen LogP contribution in [0.1, 0.15) is 28.8 Å². The predicted molar refractivity (Wildman–Crippen MR) is 97.6 cm³/mol. The smallest absolute Gasteiger partial charge is 0.339 e. The number of phenols is 1. The van der Waals surface area contributed by atoms with E-state index in [9.17, 15) is 14.7 Å². The summed E-state index contributed by atoms with van der Waals surface area (Å²) in [5, 5.41) is 20.4. The number of aromatic nitrogens is 3. The number of nitrogens with zero attached hydrogens (tertiary/aromatic N) is 2. The first kappa shape index (κ1) is 17.9. The van der Waals surface area contributed by atoms with Gasteiger partial charge in [-0.25, -0.2) is 14.8 Å². The van der Waals surface area contributed by atoms with Crippen molar-refractivity contribution in [2.45, 2.75) is 24.3 Å². The summed E-state index contributed by atoms with van der Waals surface area (Å²) in [6, 6.07) is 6.13. The number of aromatic amines is 1. The van der Waals surface area contributed by atoms with E-state index in [1.54, 1.807) is 17.8 Å². The van der Waals surface area contributed by atoms with Crippen molar-refractivity contribution in [1.29, 1.82) is 0 Å². The first-order valence-electron chi connectivity index (χ1n) is 8.02. The van der Waals surface area contributed by atoms with Gasteiger partial charge in [0.15, 0.2) is 0 Å². The number of H-pyrrole nitrogens is 1. The lowest BCUT2D eigenvalue weighted by Gasteiger charge is -2.05. The van der Waals surface area contributed by atoms with Gasteiger partial charge < -0.3 is 15.2 Å². The Kier molecular flexibility index (Phi) is 5.52. The number of fused-ring (bicyclic) bond motifs is 1. The molecule has 0 unspecified atom stereocenters. The summed E-state index contributed by atoms with van der Waals surface area (Å²) in [6.45, 7) is 0. The lowest BCUT2D eigenvalue weighted by molar-refractivity contribution is -0.118. The predicted octanol–water partition coefficient (Wildman–Crippen LogP) is 3.05. The lowest BCUT2D eigenvalue weighted by atomic mass is 10.0. The molecule has 0 aliphatic carbocycles. The summed E-state index contributed by atoms with van der Waals surface area (Å²) < 4.78 is 0. The van der Waals surface area contributed by atoms with E-state index < -0.39 is 5.97 Å². The highest BCUT2D eigenvalue weighted by Crippen LogP contribution is 2.25. The van der Waals surface area contributed by atoms with E-state index in [4.69, 9.17) is 5.11 Å². The van der Waals surface area contributed by atoms with Gasteiger partial charge in [0.1, 0.15) is 34.1 Å². The van der Waals surface area contributed by atoms with Crippen LogP contribution < -0.4 is 0 Å². The van der Waals surface area contributed by atoms with Crippen molar-refractivity contribution in [2.24, 2.45) is 0 Å². The average molecular weight is 371 g/mol. The van der Waals surface area contributed by atoms with Crippen LogP contribution in [0.15, 0.2) is 41.8 Å². The molecule has 0 amide bonds. The maximum Gasteiger partial charge on any atom is 0.339 e. The molecule has 7 nitrogen and oxygen atoms in total. The van der Waals surface area contributed by atoms with Crippen LogP contribution >= 0.6 is 11.8 Å². The largest absolute Gasteiger partial charge is 0.507 e. The molecule has 0 radical (unpaired) electrons. The summed E-state index contributed by atoms with van der Waals surface area (Å²) in [5.74, 6) is -0.717. The number of carbonyl (C=O) groups excluding carboxylic acids is 1. The fourth-order valence-corrected chi connectivity index (χ4v) is 3.51. The van der Waals surface area contributed by atoms with Crippen molar-refractivity contribution in [1.82, 2.24) is 15.0 Å². The van der Waals surface area contributed by atoms with Crippen LogP contribution in [-0.4, -0.2) is 42.7 Å². The molecule has 3 aromatic rings. The number of carboxylic acid groups (broad SMARTS) is 1. The standard InChI is InChI=1S/C18H17N3O4S/c22-12(8-11-3-4-13(18(24)25)15(23)9-11)2-1-7-26-17-14-5-6-19-16(14)20-10-21-17/h3-6,9-10,23H,1-2,7-8H2,(H,24,25)(H,19,20,21). The Bertz CT molecular complexity index is 955. The van der Waals surface area contributed by atoms with Crippen LogP contribution in [0.5, 0.6) is 5.75 Å². The van der Waals surface area contributed by atoms with Gasteiger partial charge in [-0.2, -0.15) is 0 Å². The van der Waals surface area contributed by atoms with Gasteiger partial charge in [-0.05, 0) is 35.9 Å². The molecule has 1 aromatic carbocycles. The minimum atomic E-state index is -1.20. The van der Waals surface area contributed by atoms with Crippen LogP contribution in [0.4, 0.5) is 0 Å². The molecule has 3 rings (SSSR count). The Labute approximate surface area is 153 Å². The van der Waals surface area contributed by atoms with E-state index in [0.29, 0.717) is 18.4 Å². The van der Waals surface area contributed by atoms with E-state index in [1.165, 1.54) is 18.5 Å². The maximum atomic E-state index is 12.1. The highest BCUT2D eigenvalue weighted by Gasteiger charge is 2.12. The van der Waals surface area contributed by atoms with Crippen LogP contribution in [0, 0.1) is 0 Å². The van der Waals surface area contributed by atoms with Crippen LogP contribution in [0.2, 0.25) is 0 Å². The summed E-state index contributed by atoms with van der Waals surface area (Å²) in [7, 11) is 0. The molecule has 0 saturated heterocycles. The molecule has 0 bridgehead atoms. The second-order valence-electron chi connectivity index (χ2n) is 5.74. The van der Waals surface area contributed by atoms with Gasteiger partial charge in [0.05, 0.1) is 5.39 Å². The minimum absolute atomic E-state index is 0.0440. The molecule has 2 heterocycles. The topological polar surface area (TPSA) is 116 Å². The molecular weight excluding hydrogens is 354 g/mol. The lowest BCUT2D eigenvalue weighted by Crippen LogP contribution is -2.04. The quantitative estimate of drug-likeness (QED) is 0.316. The number of carboxylic acids is 1. The number of thioether (sulfide) groups is 1. The Balaban J connectivity index is 1.48. The zero-order chi connectivity index (χ0) is 18.5. The molecule has 2 aromatic heterocycles. The van der Waals surface area contributed by atoms with Crippen LogP contribution in [0.25, 0.3) is 11.0 Å². The molecule has 0 atom stereocenters. The van der Waals surface area contributed by atoms with E-state index in [-0.39, 0.29) is 23.5 Å². The molecule has 0 aliphatic rings. The normalized spacial score (nSPS) is 10.9. The van der Waals surface area contributed by atoms with E-state index in [0.717, 1.165) is 21.8 Å². The number of hydrogen-bond donors (Lipinski definition) is 3. The summed E-state index contributed by atoms with van der Waals surface area (Å²) in [4.78, 5) is 34.4. The molecule has 134 valence electrons. The van der Waals surface area contributed by atoms with Gasteiger partial charge in [0, 0.05) is 19.0 Å². The third-order valence-corrected chi connectivity index (χ3v) is 4.94. The number of hydrogen-bond acceptors (Lipinski definition) is 6. The van der Waals surface area contributed by atoms with E-state index in [2.05, 4.69) is 15.0 Å². The van der Waals surface area contributed by atoms with Crippen molar-refractivity contribution >= 4 is 34.5 Å². The molecule has 0 fully saturated rings. The van der Waals surface area contributed by atoms with Gasteiger partial charge in [-0.1, -0.05) is 6.07 Å². The Morgan fingerprint density at radius 2 is 2.04 bits per heavy atom. The van der Waals surface area contributed by atoms with E-state index >= 15 is 0 Å². The highest BCUT2D eigenvalue weighted by atomic mass is 32.2. The Morgan fingerprint density at radius 3 is 2.81 bits per heavy atom. The van der Waals surface area contributed by atoms with Crippen molar-refractivity contribution in [3.63, 3.8) is 0 Å². The zero-order valence-electron chi connectivity index (χ0n) is 13.8. The second kappa shape index (κ2) is 8.01. The number of nitrogens with one attached hydrogen (secondary N) is 1. The van der Waals surface area contributed by atoms with Gasteiger partial charge in [-0.3, -0.25) is 4.79 Å². The Hall–Kier alpha value is -2.87. The van der Waals surface area contributed by atoms with Gasteiger partial charge >= 0.3 is 5.97 Å². The second-order valence-corrected chi connectivity index (χ2v) is 6.83. The number of aromatic carboxylic acids is 1. The number of aromatic hydroxyl groups is 1.